The summed E-state index contributed by atoms with van der Waals surface area (Å²) in [6.07, 6.45) is 6.37. The van der Waals surface area contributed by atoms with Gasteiger partial charge >= 0.3 is 0 Å². The molecule has 0 saturated heterocycles. The maximum atomic E-state index is 4.69. The zero-order chi connectivity index (χ0) is 10.3. The third kappa shape index (κ3) is 1.67. The second-order valence-corrected chi connectivity index (χ2v) is 4.90. The van der Waals surface area contributed by atoms with Crippen LogP contribution in [-0.2, 0) is 0 Å². The van der Waals surface area contributed by atoms with Crippen molar-refractivity contribution >= 4 is 11.3 Å². The summed E-state index contributed by atoms with van der Waals surface area (Å²) in [5.74, 6) is 0.747. The number of nitrogens with zero attached hydrogens (tertiary/aromatic N) is 2. The van der Waals surface area contributed by atoms with Crippen LogP contribution in [0.2, 0.25) is 0 Å². The zero-order valence-corrected chi connectivity index (χ0v) is 9.42. The maximum absolute atomic E-state index is 4.69. The van der Waals surface area contributed by atoms with Gasteiger partial charge in [-0.2, -0.15) is 0 Å². The Bertz CT molecular complexity index is 486. The first kappa shape index (κ1) is 9.04. The number of aryl methyl sites for hydroxylation is 1. The molecule has 0 unspecified atom stereocenters. The van der Waals surface area contributed by atoms with Gasteiger partial charge in [-0.15, -0.1) is 11.3 Å². The second-order valence-electron chi connectivity index (χ2n) is 4.04. The second kappa shape index (κ2) is 3.42. The zero-order valence-electron chi connectivity index (χ0n) is 8.60. The molecule has 2 aromatic rings. The van der Waals surface area contributed by atoms with Crippen LogP contribution in [0.5, 0.6) is 0 Å². The van der Waals surface area contributed by atoms with Crippen molar-refractivity contribution in [2.24, 2.45) is 0 Å². The van der Waals surface area contributed by atoms with E-state index in [0.717, 1.165) is 10.9 Å². The summed E-state index contributed by atoms with van der Waals surface area (Å²) in [6, 6.07) is 2.05. The topological polar surface area (TPSA) is 25.8 Å². The summed E-state index contributed by atoms with van der Waals surface area (Å²) in [5.41, 5.74) is 3.71. The maximum Gasteiger partial charge on any atom is 0.123 e. The Hall–Kier alpha value is -1.22. The predicted octanol–water partition coefficient (Wildman–Crippen LogP) is 3.39. The molecule has 15 heavy (non-hydrogen) atoms. The molecular weight excluding hydrogens is 204 g/mol. The molecule has 0 atom stereocenters. The molecule has 2 aromatic heterocycles. The Balaban J connectivity index is 2.01. The lowest BCUT2D eigenvalue weighted by atomic mass is 10.2. The van der Waals surface area contributed by atoms with Gasteiger partial charge in [-0.3, -0.25) is 4.98 Å². The molecule has 2 heterocycles. The van der Waals surface area contributed by atoms with E-state index in [1.165, 1.54) is 29.7 Å². The van der Waals surface area contributed by atoms with Crippen molar-refractivity contribution in [1.82, 2.24) is 9.97 Å². The summed E-state index contributed by atoms with van der Waals surface area (Å²) in [4.78, 5) is 8.80. The van der Waals surface area contributed by atoms with Crippen molar-refractivity contribution in [2.75, 3.05) is 0 Å². The van der Waals surface area contributed by atoms with Crippen molar-refractivity contribution in [3.63, 3.8) is 0 Å². The smallest absolute Gasteiger partial charge is 0.123 e. The fraction of sp³-hybridized carbons (Fsp3) is 0.333. The third-order valence-electron chi connectivity index (χ3n) is 2.77. The van der Waals surface area contributed by atoms with Crippen molar-refractivity contribution in [3.8, 4) is 10.6 Å². The van der Waals surface area contributed by atoms with E-state index in [1.807, 2.05) is 18.5 Å². The predicted molar refractivity (Wildman–Crippen MR) is 62.1 cm³/mol. The molecule has 2 nitrogen and oxygen atoms in total. The Morgan fingerprint density at radius 3 is 3.00 bits per heavy atom. The highest BCUT2D eigenvalue weighted by molar-refractivity contribution is 7.13. The molecule has 0 bridgehead atoms. The number of pyridine rings is 1. The minimum Gasteiger partial charge on any atom is -0.264 e. The largest absolute Gasteiger partial charge is 0.264 e. The van der Waals surface area contributed by atoms with E-state index in [9.17, 15) is 0 Å². The fourth-order valence-corrected chi connectivity index (χ4v) is 2.68. The van der Waals surface area contributed by atoms with Crippen LogP contribution in [0.4, 0.5) is 0 Å². The molecule has 3 rings (SSSR count). The molecule has 0 amide bonds. The molecule has 0 N–H and O–H groups in total. The molecular formula is C12H12N2S. The lowest BCUT2D eigenvalue weighted by Crippen LogP contribution is -1.84. The normalized spacial score (nSPS) is 15.5. The highest BCUT2D eigenvalue weighted by Gasteiger charge is 2.26. The van der Waals surface area contributed by atoms with Crippen molar-refractivity contribution in [3.05, 3.63) is 35.1 Å². The summed E-state index contributed by atoms with van der Waals surface area (Å²) < 4.78 is 0. The molecule has 0 aromatic carbocycles. The van der Waals surface area contributed by atoms with Gasteiger partial charge < -0.3 is 0 Å². The third-order valence-corrected chi connectivity index (χ3v) is 3.66. The molecule has 0 radical (unpaired) electrons. The summed E-state index contributed by atoms with van der Waals surface area (Å²) >= 11 is 1.75. The SMILES string of the molecule is Cc1cnccc1-c1nc(C2CC2)cs1. The van der Waals surface area contributed by atoms with Crippen LogP contribution >= 0.6 is 11.3 Å². The molecule has 1 fully saturated rings. The Morgan fingerprint density at radius 2 is 2.27 bits per heavy atom. The number of rotatable bonds is 2. The Kier molecular flexibility index (Phi) is 2.06. The van der Waals surface area contributed by atoms with Crippen LogP contribution in [0, 0.1) is 6.92 Å². The first-order chi connectivity index (χ1) is 7.34. The summed E-state index contributed by atoms with van der Waals surface area (Å²) in [5, 5.41) is 3.34. The van der Waals surface area contributed by atoms with Crippen LogP contribution in [0.15, 0.2) is 23.8 Å². The van der Waals surface area contributed by atoms with Gasteiger partial charge in [0.2, 0.25) is 0 Å². The minimum absolute atomic E-state index is 0.747. The number of aromatic nitrogens is 2. The summed E-state index contributed by atoms with van der Waals surface area (Å²) in [6.45, 7) is 2.08. The van der Waals surface area contributed by atoms with Gasteiger partial charge in [0.05, 0.1) is 5.69 Å². The standard InChI is InChI=1S/C12H12N2S/c1-8-6-13-5-4-10(8)12-14-11(7-15-12)9-2-3-9/h4-7,9H,2-3H2,1H3. The summed E-state index contributed by atoms with van der Waals surface area (Å²) in [7, 11) is 0. The Morgan fingerprint density at radius 1 is 1.40 bits per heavy atom. The minimum atomic E-state index is 0.747. The van der Waals surface area contributed by atoms with E-state index in [2.05, 4.69) is 17.3 Å². The highest BCUT2D eigenvalue weighted by Crippen LogP contribution is 2.41. The monoisotopic (exact) mass is 216 g/mol. The van der Waals surface area contributed by atoms with Gasteiger partial charge in [0.25, 0.3) is 0 Å². The van der Waals surface area contributed by atoms with Crippen molar-refractivity contribution < 1.29 is 0 Å². The fourth-order valence-electron chi connectivity index (χ4n) is 1.69. The van der Waals surface area contributed by atoms with Crippen LogP contribution < -0.4 is 0 Å². The van der Waals surface area contributed by atoms with Crippen LogP contribution in [0.1, 0.15) is 30.0 Å². The molecule has 76 valence electrons. The highest BCUT2D eigenvalue weighted by atomic mass is 32.1. The van der Waals surface area contributed by atoms with Crippen molar-refractivity contribution in [1.29, 1.82) is 0 Å². The number of hydrogen-bond donors (Lipinski definition) is 0. The van der Waals surface area contributed by atoms with E-state index >= 15 is 0 Å². The van der Waals surface area contributed by atoms with E-state index in [0.29, 0.717) is 0 Å². The van der Waals surface area contributed by atoms with Crippen LogP contribution in [0.25, 0.3) is 10.6 Å². The first-order valence-electron chi connectivity index (χ1n) is 5.21. The quantitative estimate of drug-likeness (QED) is 0.769. The molecule has 1 aliphatic carbocycles. The lowest BCUT2D eigenvalue weighted by molar-refractivity contribution is 1.05. The van der Waals surface area contributed by atoms with E-state index in [4.69, 9.17) is 4.98 Å². The van der Waals surface area contributed by atoms with E-state index in [1.54, 1.807) is 11.3 Å². The first-order valence-corrected chi connectivity index (χ1v) is 6.09. The average molecular weight is 216 g/mol. The van der Waals surface area contributed by atoms with Gasteiger partial charge in [0, 0.05) is 29.3 Å². The van der Waals surface area contributed by atoms with Crippen LogP contribution in [0.3, 0.4) is 0 Å². The molecule has 0 aliphatic heterocycles. The lowest BCUT2D eigenvalue weighted by Gasteiger charge is -1.99. The molecule has 0 spiro atoms. The van der Waals surface area contributed by atoms with E-state index in [-0.39, 0.29) is 0 Å². The number of hydrogen-bond acceptors (Lipinski definition) is 3. The number of thiazole rings is 1. The molecule has 1 aliphatic rings. The van der Waals surface area contributed by atoms with Crippen LogP contribution in [-0.4, -0.2) is 9.97 Å². The molecule has 1 saturated carbocycles. The molecule has 3 heteroatoms. The van der Waals surface area contributed by atoms with E-state index < -0.39 is 0 Å². The van der Waals surface area contributed by atoms with Crippen molar-refractivity contribution in [2.45, 2.75) is 25.7 Å². The Labute approximate surface area is 93.0 Å². The van der Waals surface area contributed by atoms with Gasteiger partial charge in [0.1, 0.15) is 5.01 Å². The van der Waals surface area contributed by atoms with Gasteiger partial charge in [-0.1, -0.05) is 0 Å². The van der Waals surface area contributed by atoms with Gasteiger partial charge in [-0.05, 0) is 31.4 Å². The van der Waals surface area contributed by atoms with Gasteiger partial charge in [0.15, 0.2) is 0 Å². The van der Waals surface area contributed by atoms with Gasteiger partial charge in [-0.25, -0.2) is 4.98 Å². The average Bonchev–Trinajstić information content (AvgIpc) is 2.99.